The molecule has 17 nitrogen and oxygen atoms in total. The van der Waals surface area contributed by atoms with Crippen molar-refractivity contribution < 1.29 is 70.7 Å². The number of rotatable bonds is 23. The fourth-order valence-electron chi connectivity index (χ4n) is 8.68. The lowest BCUT2D eigenvalue weighted by Gasteiger charge is -2.41. The monoisotopic (exact) mass is 975 g/mol. The summed E-state index contributed by atoms with van der Waals surface area (Å²) in [4.78, 5) is 12.8. The topological polar surface area (TPSA) is 259 Å². The molecule has 0 aliphatic carbocycles. The van der Waals surface area contributed by atoms with Gasteiger partial charge in [0.05, 0.1) is 39.4 Å². The van der Waals surface area contributed by atoms with Crippen molar-refractivity contribution in [3.05, 3.63) is 71.5 Å². The zero-order valence-electron chi connectivity index (χ0n) is 37.7. The van der Waals surface area contributed by atoms with Crippen molar-refractivity contribution in [1.29, 1.82) is 0 Å². The number of anilines is 1. The molecule has 0 radical (unpaired) electrons. The molecular weight excluding hydrogens is 913 g/mol. The lowest BCUT2D eigenvalue weighted by Crippen LogP contribution is -2.45. The molecule has 4 N–H and O–H groups in total. The van der Waals surface area contributed by atoms with Gasteiger partial charge in [-0.25, -0.2) is 0 Å². The average molecular weight is 976 g/mol. The molecule has 358 valence electrons. The Balaban J connectivity index is 2.02. The molecule has 2 unspecified atom stereocenters. The van der Waals surface area contributed by atoms with Gasteiger partial charge in [0.1, 0.15) is 6.54 Å². The van der Waals surface area contributed by atoms with Gasteiger partial charge in [0.2, 0.25) is 5.69 Å². The highest BCUT2D eigenvalue weighted by molar-refractivity contribution is 7.87. The van der Waals surface area contributed by atoms with Crippen LogP contribution in [-0.4, -0.2) is 112 Å². The highest BCUT2D eigenvalue weighted by atomic mass is 32.2. The van der Waals surface area contributed by atoms with Crippen LogP contribution in [0.25, 0.3) is 0 Å². The van der Waals surface area contributed by atoms with Crippen molar-refractivity contribution in [2.45, 2.75) is 138 Å². The first-order valence-corrected chi connectivity index (χ1v) is 27.0. The summed E-state index contributed by atoms with van der Waals surface area (Å²) >= 11 is 0. The lowest BCUT2D eigenvalue weighted by atomic mass is 9.75. The molecule has 0 aromatic heterocycles. The number of carboxylic acids is 1. The van der Waals surface area contributed by atoms with E-state index in [2.05, 4.69) is 4.90 Å². The van der Waals surface area contributed by atoms with E-state index in [1.807, 2.05) is 52.2 Å². The number of unbranched alkanes of at least 4 members (excludes halogenated alkanes) is 2. The zero-order valence-corrected chi connectivity index (χ0v) is 41.0. The quantitative estimate of drug-likeness (QED) is 0.0386. The van der Waals surface area contributed by atoms with E-state index in [1.54, 1.807) is 31.2 Å². The molecule has 2 aliphatic rings. The van der Waals surface area contributed by atoms with Gasteiger partial charge in [0.25, 0.3) is 40.5 Å². The third-order valence-corrected chi connectivity index (χ3v) is 15.6. The molecule has 0 saturated carbocycles. The highest BCUT2D eigenvalue weighted by Crippen LogP contribution is 2.54. The van der Waals surface area contributed by atoms with Gasteiger partial charge in [-0.2, -0.15) is 38.2 Å². The van der Waals surface area contributed by atoms with Gasteiger partial charge in [0, 0.05) is 59.5 Å². The Labute approximate surface area is 378 Å². The van der Waals surface area contributed by atoms with Crippen LogP contribution in [0.2, 0.25) is 0 Å². The maximum Gasteiger partial charge on any atom is 0.303 e. The molecule has 4 rings (SSSR count). The van der Waals surface area contributed by atoms with E-state index in [0.29, 0.717) is 72.7 Å². The van der Waals surface area contributed by atoms with Crippen LogP contribution >= 0.6 is 0 Å². The molecule has 0 spiro atoms. The predicted molar refractivity (Wildman–Crippen MR) is 243 cm³/mol. The number of nitrogens with zero attached hydrogens (tertiary/aromatic N) is 2. The van der Waals surface area contributed by atoms with E-state index >= 15 is 0 Å². The Bertz CT molecular complexity index is 2630. The summed E-state index contributed by atoms with van der Waals surface area (Å²) < 4.78 is 141. The van der Waals surface area contributed by atoms with E-state index in [9.17, 15) is 57.2 Å². The normalized spacial score (nSPS) is 20.4. The number of carbonyl (C=O) groups is 1. The number of allylic oxidation sites excluding steroid dienone is 4. The van der Waals surface area contributed by atoms with Gasteiger partial charge in [-0.1, -0.05) is 6.08 Å². The first kappa shape index (κ1) is 53.1. The summed E-state index contributed by atoms with van der Waals surface area (Å²) in [5.41, 5.74) is 0.102. The lowest BCUT2D eigenvalue weighted by molar-refractivity contribution is -0.438. The van der Waals surface area contributed by atoms with Gasteiger partial charge < -0.3 is 14.7 Å². The first-order chi connectivity index (χ1) is 29.3. The smallest absolute Gasteiger partial charge is 0.303 e. The fourth-order valence-corrected chi connectivity index (χ4v) is 10.9. The van der Waals surface area contributed by atoms with Gasteiger partial charge in [-0.15, -0.1) is 0 Å². The molecule has 21 heteroatoms. The number of fused-ring (bicyclic) bond motifs is 2. The maximum absolute atomic E-state index is 13.1. The van der Waals surface area contributed by atoms with E-state index < -0.39 is 79.9 Å². The Morgan fingerprint density at radius 1 is 0.781 bits per heavy atom. The van der Waals surface area contributed by atoms with Crippen LogP contribution in [0.15, 0.2) is 70.1 Å². The molecule has 0 fully saturated rings. The van der Waals surface area contributed by atoms with Crippen LogP contribution in [0.3, 0.4) is 0 Å². The number of benzene rings is 2. The minimum absolute atomic E-state index is 0.0111. The second kappa shape index (κ2) is 19.7. The van der Waals surface area contributed by atoms with E-state index in [1.165, 1.54) is 24.3 Å². The standard InChI is InChI=1S/C43H62N2O15S4/c1-40(2,3)60-26-24-41(4,5)45-36-21-19-32(64(57,58)59-8)30-34(36)43(7,23-14-28-62(51,52)53)38(45)16-12-15-37-42(6,22-13-27-61(48,49)50)33-29-31(63(54,55)56)18-20-35(33)44(37)25-11-9-10-17-39(46)47/h12,15-16,18-21,29-30H,9-11,13-14,17,22-28H2,1-8H3,(H3-,46,47,48,49,50,51,52,53,54,55,56)/p+1. The summed E-state index contributed by atoms with van der Waals surface area (Å²) in [6, 6.07) is 8.76. The van der Waals surface area contributed by atoms with Crippen molar-refractivity contribution >= 4 is 63.5 Å². The summed E-state index contributed by atoms with van der Waals surface area (Å²) in [5.74, 6) is -2.09. The highest BCUT2D eigenvalue weighted by Gasteiger charge is 2.50. The van der Waals surface area contributed by atoms with E-state index in [-0.39, 0.29) is 41.9 Å². The number of aliphatic carboxylic acids is 1. The summed E-state index contributed by atoms with van der Waals surface area (Å²) in [6.07, 6.45) is 7.45. The second-order valence-electron chi connectivity index (χ2n) is 18.4. The first-order valence-electron chi connectivity index (χ1n) is 20.9. The van der Waals surface area contributed by atoms with E-state index in [0.717, 1.165) is 7.11 Å². The fraction of sp³-hybridized carbons (Fsp3) is 0.581. The van der Waals surface area contributed by atoms with Crippen LogP contribution in [0.4, 0.5) is 11.4 Å². The molecule has 2 aromatic carbocycles. The molecule has 2 aromatic rings. The minimum atomic E-state index is -4.68. The molecule has 2 aliphatic heterocycles. The molecule has 0 saturated heterocycles. The van der Waals surface area contributed by atoms with E-state index in [4.69, 9.17) is 8.92 Å². The molecule has 2 atom stereocenters. The SMILES string of the molecule is COS(=O)(=O)c1ccc2c(c1)C(C)(CCCS(=O)(=O)O)C(=CC=CC1=[N+](CCCCCC(=O)O)c3ccc(S(=O)(=O)O)cc3C1(C)CCCS(=O)(=O)O)N2C(C)(C)CCOC(C)(C)C. The van der Waals surface area contributed by atoms with Crippen molar-refractivity contribution in [3.8, 4) is 0 Å². The molecule has 0 bridgehead atoms. The van der Waals surface area contributed by atoms with Crippen LogP contribution in [0.1, 0.15) is 117 Å². The Morgan fingerprint density at radius 3 is 1.91 bits per heavy atom. The summed E-state index contributed by atoms with van der Waals surface area (Å²) in [5, 5.41) is 9.23. The van der Waals surface area contributed by atoms with Crippen LogP contribution in [0.5, 0.6) is 0 Å². The van der Waals surface area contributed by atoms with Crippen molar-refractivity contribution in [2.75, 3.05) is 36.7 Å². The third-order valence-electron chi connectivity index (χ3n) is 11.9. The van der Waals surface area contributed by atoms with Gasteiger partial charge in [-0.3, -0.25) is 22.6 Å². The third kappa shape index (κ3) is 13.1. The number of carboxylic acid groups (broad SMARTS) is 1. The Hall–Kier alpha value is -3.54. The van der Waals surface area contributed by atoms with Gasteiger partial charge >= 0.3 is 5.97 Å². The number of hydrogen-bond acceptors (Lipinski definition) is 12. The largest absolute Gasteiger partial charge is 0.481 e. The summed E-state index contributed by atoms with van der Waals surface area (Å²) in [6.45, 7) is 14.1. The second-order valence-corrected chi connectivity index (χ2v) is 24.7. The summed E-state index contributed by atoms with van der Waals surface area (Å²) in [7, 11) is -16.6. The van der Waals surface area contributed by atoms with Crippen molar-refractivity contribution in [1.82, 2.24) is 0 Å². The van der Waals surface area contributed by atoms with Crippen molar-refractivity contribution in [3.63, 3.8) is 0 Å². The Morgan fingerprint density at radius 2 is 1.36 bits per heavy atom. The van der Waals surface area contributed by atoms with Crippen LogP contribution in [-0.2, 0) is 65.0 Å². The minimum Gasteiger partial charge on any atom is -0.481 e. The average Bonchev–Trinajstić information content (AvgIpc) is 3.53. The maximum atomic E-state index is 13.1. The molecule has 64 heavy (non-hydrogen) atoms. The predicted octanol–water partition coefficient (Wildman–Crippen LogP) is 6.81. The van der Waals surface area contributed by atoms with Crippen LogP contribution in [0, 0.1) is 0 Å². The molecular formula is C43H63N2O15S4+. The van der Waals surface area contributed by atoms with Gasteiger partial charge in [-0.05, 0) is 135 Å². The molecule has 0 amide bonds. The number of hydrogen-bond donors (Lipinski definition) is 4. The van der Waals surface area contributed by atoms with Crippen molar-refractivity contribution in [2.24, 2.45) is 0 Å². The Kier molecular flexibility index (Phi) is 16.4. The molecule has 2 heterocycles. The van der Waals surface area contributed by atoms with Gasteiger partial charge in [0.15, 0.2) is 5.71 Å². The zero-order chi connectivity index (χ0) is 48.3. The van der Waals surface area contributed by atoms with Crippen LogP contribution < -0.4 is 4.90 Å². The number of ether oxygens (including phenoxy) is 1.